The van der Waals surface area contributed by atoms with E-state index < -0.39 is 6.09 Å². The van der Waals surface area contributed by atoms with E-state index in [1.807, 2.05) is 30.3 Å². The van der Waals surface area contributed by atoms with Crippen molar-refractivity contribution >= 4 is 23.6 Å². The molecule has 0 atom stereocenters. The van der Waals surface area contributed by atoms with E-state index in [-0.39, 0.29) is 5.82 Å². The van der Waals surface area contributed by atoms with Gasteiger partial charge in [-0.1, -0.05) is 30.3 Å². The number of hydrogen-bond acceptors (Lipinski definition) is 2. The van der Waals surface area contributed by atoms with Gasteiger partial charge in [-0.3, -0.25) is 4.90 Å². The second-order valence-corrected chi connectivity index (χ2v) is 4.51. The molecule has 3 rings (SSSR count). The Balaban J connectivity index is 2.13. The van der Waals surface area contributed by atoms with E-state index >= 15 is 0 Å². The number of benzene rings is 2. The predicted molar refractivity (Wildman–Crippen MR) is 75.6 cm³/mol. The summed E-state index contributed by atoms with van der Waals surface area (Å²) in [6, 6.07) is 13.8. The molecular weight excluding hydrogens is 257 g/mol. The third kappa shape index (κ3) is 2.16. The van der Waals surface area contributed by atoms with Gasteiger partial charge in [-0.05, 0) is 29.8 Å². The Hall–Kier alpha value is -2.62. The largest absolute Gasteiger partial charge is 0.419 e. The smallest absolute Gasteiger partial charge is 0.409 e. The number of hydrogen-bond donors (Lipinski definition) is 0. The van der Waals surface area contributed by atoms with Crippen molar-refractivity contribution in [1.29, 1.82) is 0 Å². The summed E-state index contributed by atoms with van der Waals surface area (Å²) in [6.07, 6.45) is 1.24. The van der Waals surface area contributed by atoms with Gasteiger partial charge in [0.2, 0.25) is 0 Å². The quantitative estimate of drug-likeness (QED) is 0.785. The molecule has 0 aliphatic carbocycles. The minimum absolute atomic E-state index is 0.385. The van der Waals surface area contributed by atoms with Gasteiger partial charge in [0.05, 0.1) is 5.69 Å². The second kappa shape index (κ2) is 4.81. The van der Waals surface area contributed by atoms with Gasteiger partial charge in [0.25, 0.3) is 0 Å². The van der Waals surface area contributed by atoms with Gasteiger partial charge < -0.3 is 4.74 Å². The molecular formula is C16H12FNO2. The molecule has 0 fully saturated rings. The predicted octanol–water partition coefficient (Wildman–Crippen LogP) is 3.91. The van der Waals surface area contributed by atoms with Gasteiger partial charge in [0, 0.05) is 12.6 Å². The molecule has 3 nitrogen and oxygen atoms in total. The Labute approximate surface area is 115 Å². The normalized spacial score (nSPS) is 16.0. The summed E-state index contributed by atoms with van der Waals surface area (Å²) in [5.41, 5.74) is 2.11. The lowest BCUT2D eigenvalue weighted by Crippen LogP contribution is -2.31. The standard InChI is InChI=1S/C16H12FNO2/c1-18-14-10-12(17)7-8-13(14)15(20-16(18)19)9-11-5-3-2-4-6-11/h2-10H,1H3/b15-9-. The van der Waals surface area contributed by atoms with Gasteiger partial charge in [-0.15, -0.1) is 0 Å². The molecule has 1 amide bonds. The fourth-order valence-electron chi connectivity index (χ4n) is 2.11. The maximum absolute atomic E-state index is 13.4. The number of amides is 1. The SMILES string of the molecule is CN1C(=O)O/C(=C\c2ccccc2)c2ccc(F)cc21. The molecule has 4 heteroatoms. The van der Waals surface area contributed by atoms with Crippen LogP contribution in [0.3, 0.4) is 0 Å². The fraction of sp³-hybridized carbons (Fsp3) is 0.0625. The van der Waals surface area contributed by atoms with Crippen LogP contribution in [0.2, 0.25) is 0 Å². The molecule has 0 saturated heterocycles. The van der Waals surface area contributed by atoms with Crippen LogP contribution >= 0.6 is 0 Å². The molecule has 0 spiro atoms. The van der Waals surface area contributed by atoms with Gasteiger partial charge in [0.1, 0.15) is 11.6 Å². The van der Waals surface area contributed by atoms with E-state index in [0.717, 1.165) is 5.56 Å². The molecule has 0 bridgehead atoms. The number of ether oxygens (including phenoxy) is 1. The molecule has 2 aromatic carbocycles. The van der Waals surface area contributed by atoms with Crippen molar-refractivity contribution in [2.24, 2.45) is 0 Å². The summed E-state index contributed by atoms with van der Waals surface area (Å²) in [4.78, 5) is 13.1. The van der Waals surface area contributed by atoms with Crippen molar-refractivity contribution in [3.63, 3.8) is 0 Å². The van der Waals surface area contributed by atoms with Gasteiger partial charge in [-0.2, -0.15) is 0 Å². The molecule has 0 unspecified atom stereocenters. The van der Waals surface area contributed by atoms with Crippen LogP contribution < -0.4 is 4.90 Å². The number of carbonyl (C=O) groups excluding carboxylic acids is 1. The average Bonchev–Trinajstić information content (AvgIpc) is 2.45. The molecule has 1 aliphatic rings. The molecule has 1 aliphatic heterocycles. The average molecular weight is 269 g/mol. The Morgan fingerprint density at radius 2 is 1.90 bits per heavy atom. The summed E-state index contributed by atoms with van der Waals surface area (Å²) in [5, 5.41) is 0. The van der Waals surface area contributed by atoms with E-state index in [4.69, 9.17) is 4.74 Å². The minimum Gasteiger partial charge on any atom is -0.409 e. The van der Waals surface area contributed by atoms with Crippen molar-refractivity contribution < 1.29 is 13.9 Å². The van der Waals surface area contributed by atoms with E-state index in [1.165, 1.54) is 17.0 Å². The summed E-state index contributed by atoms with van der Waals surface area (Å²) in [6.45, 7) is 0. The van der Waals surface area contributed by atoms with Gasteiger partial charge in [-0.25, -0.2) is 9.18 Å². The van der Waals surface area contributed by atoms with E-state index in [0.29, 0.717) is 17.0 Å². The number of nitrogens with zero attached hydrogens (tertiary/aromatic N) is 1. The van der Waals surface area contributed by atoms with Crippen molar-refractivity contribution in [2.75, 3.05) is 11.9 Å². The molecule has 0 N–H and O–H groups in total. The molecule has 20 heavy (non-hydrogen) atoms. The summed E-state index contributed by atoms with van der Waals surface area (Å²) in [7, 11) is 1.56. The highest BCUT2D eigenvalue weighted by atomic mass is 19.1. The molecule has 2 aromatic rings. The van der Waals surface area contributed by atoms with Crippen LogP contribution in [0, 0.1) is 5.82 Å². The lowest BCUT2D eigenvalue weighted by molar-refractivity contribution is 0.199. The number of carbonyl (C=O) groups is 1. The van der Waals surface area contributed by atoms with Crippen molar-refractivity contribution in [2.45, 2.75) is 0 Å². The van der Waals surface area contributed by atoms with Crippen molar-refractivity contribution in [3.05, 3.63) is 65.5 Å². The van der Waals surface area contributed by atoms with Crippen LogP contribution in [0.5, 0.6) is 0 Å². The number of anilines is 1. The monoisotopic (exact) mass is 269 g/mol. The van der Waals surface area contributed by atoms with E-state index in [2.05, 4.69) is 0 Å². The highest BCUT2D eigenvalue weighted by molar-refractivity contribution is 6.01. The summed E-state index contributed by atoms with van der Waals surface area (Å²) < 4.78 is 18.6. The molecule has 0 radical (unpaired) electrons. The molecule has 0 saturated carbocycles. The summed E-state index contributed by atoms with van der Waals surface area (Å²) in [5.74, 6) is 0.0404. The van der Waals surface area contributed by atoms with Crippen molar-refractivity contribution in [3.8, 4) is 0 Å². The first kappa shape index (κ1) is 12.4. The van der Waals surface area contributed by atoms with Gasteiger partial charge in [0.15, 0.2) is 0 Å². The highest BCUT2D eigenvalue weighted by Crippen LogP contribution is 2.34. The fourth-order valence-corrected chi connectivity index (χ4v) is 2.11. The second-order valence-electron chi connectivity index (χ2n) is 4.51. The Kier molecular flexibility index (Phi) is 2.99. The van der Waals surface area contributed by atoms with Crippen molar-refractivity contribution in [1.82, 2.24) is 0 Å². The van der Waals surface area contributed by atoms with Crippen LogP contribution in [0.25, 0.3) is 11.8 Å². The minimum atomic E-state index is -0.523. The number of fused-ring (bicyclic) bond motifs is 1. The Bertz CT molecular complexity index is 695. The van der Waals surface area contributed by atoms with Crippen LogP contribution in [0.15, 0.2) is 48.5 Å². The third-order valence-corrected chi connectivity index (χ3v) is 3.16. The zero-order valence-corrected chi connectivity index (χ0v) is 10.8. The molecule has 0 aromatic heterocycles. The zero-order valence-electron chi connectivity index (χ0n) is 10.8. The van der Waals surface area contributed by atoms with E-state index in [1.54, 1.807) is 19.2 Å². The zero-order chi connectivity index (χ0) is 14.1. The van der Waals surface area contributed by atoms with Crippen LogP contribution in [-0.2, 0) is 4.74 Å². The van der Waals surface area contributed by atoms with E-state index in [9.17, 15) is 9.18 Å². The molecule has 100 valence electrons. The van der Waals surface area contributed by atoms with Crippen LogP contribution in [0.1, 0.15) is 11.1 Å². The lowest BCUT2D eigenvalue weighted by Gasteiger charge is -2.27. The summed E-state index contributed by atoms with van der Waals surface area (Å²) >= 11 is 0. The first-order valence-corrected chi connectivity index (χ1v) is 6.17. The molecule has 1 heterocycles. The van der Waals surface area contributed by atoms with Crippen LogP contribution in [0.4, 0.5) is 14.9 Å². The highest BCUT2D eigenvalue weighted by Gasteiger charge is 2.26. The Morgan fingerprint density at radius 1 is 1.15 bits per heavy atom. The third-order valence-electron chi connectivity index (χ3n) is 3.16. The first-order chi connectivity index (χ1) is 9.65. The number of cyclic esters (lactones) is 1. The topological polar surface area (TPSA) is 29.5 Å². The number of halogens is 1. The maximum Gasteiger partial charge on any atom is 0.419 e. The van der Waals surface area contributed by atoms with Crippen LogP contribution in [-0.4, -0.2) is 13.1 Å². The maximum atomic E-state index is 13.4. The Morgan fingerprint density at radius 3 is 2.65 bits per heavy atom. The first-order valence-electron chi connectivity index (χ1n) is 6.17. The lowest BCUT2D eigenvalue weighted by atomic mass is 10.1. The number of rotatable bonds is 1. The van der Waals surface area contributed by atoms with Gasteiger partial charge >= 0.3 is 6.09 Å².